The number of nitrogens with one attached hydrogen (secondary N) is 2. The molecule has 0 bridgehead atoms. The van der Waals surface area contributed by atoms with Crippen molar-refractivity contribution in [3.8, 4) is 0 Å². The summed E-state index contributed by atoms with van der Waals surface area (Å²) in [5, 5.41) is 4.74. The molecule has 1 fully saturated rings. The largest absolute Gasteiger partial charge is 0.370 e. The molecule has 4 N–H and O–H groups in total. The second-order valence-corrected chi connectivity index (χ2v) is 9.44. The van der Waals surface area contributed by atoms with Gasteiger partial charge in [0.25, 0.3) is 5.91 Å². The highest BCUT2D eigenvalue weighted by Crippen LogP contribution is 2.31. The third kappa shape index (κ3) is 4.92. The lowest BCUT2D eigenvalue weighted by Gasteiger charge is -2.33. The van der Waals surface area contributed by atoms with Crippen LogP contribution in [0, 0.1) is 6.92 Å². The summed E-state index contributed by atoms with van der Waals surface area (Å²) >= 11 is 2.76. The molecule has 0 unspecified atom stereocenters. The number of carbonyl (C=O) groups is 1. The maximum atomic E-state index is 12.8. The summed E-state index contributed by atoms with van der Waals surface area (Å²) in [6.07, 6.45) is 1.88. The normalized spacial score (nSPS) is 14.7. The number of thiazole rings is 1. The summed E-state index contributed by atoms with van der Waals surface area (Å²) in [5.41, 5.74) is 8.79. The third-order valence-electron chi connectivity index (χ3n) is 4.91. The molecule has 2 aromatic heterocycles. The van der Waals surface area contributed by atoms with Crippen LogP contribution < -0.4 is 21.5 Å². The molecule has 1 aromatic carbocycles. The van der Waals surface area contributed by atoms with E-state index in [4.69, 9.17) is 5.73 Å². The van der Waals surface area contributed by atoms with Gasteiger partial charge < -0.3 is 20.9 Å². The SMILES string of the molecule is Cc1cc(Sc2nc(C(=O)Nc3ccccc3N3CCC(N)CC3)cs2)cc(=O)[nH]1. The van der Waals surface area contributed by atoms with Gasteiger partial charge in [0.05, 0.1) is 11.4 Å². The van der Waals surface area contributed by atoms with Gasteiger partial charge in [0.2, 0.25) is 5.56 Å². The molecule has 1 aliphatic rings. The number of carbonyl (C=O) groups excluding carboxylic acids is 1. The Morgan fingerprint density at radius 1 is 1.30 bits per heavy atom. The standard InChI is InChI=1S/C21H23N5O2S2/c1-13-10-15(11-19(27)23-13)30-21-25-17(12-29-21)20(28)24-16-4-2-3-5-18(16)26-8-6-14(22)7-9-26/h2-5,10-12,14H,6-9,22H2,1H3,(H,23,27)(H,24,28). The Hall–Kier alpha value is -2.62. The summed E-state index contributed by atoms with van der Waals surface area (Å²) in [4.78, 5) is 34.7. The number of amides is 1. The molecule has 1 amide bonds. The Bertz CT molecular complexity index is 1100. The summed E-state index contributed by atoms with van der Waals surface area (Å²) < 4.78 is 0.712. The van der Waals surface area contributed by atoms with Gasteiger partial charge in [-0.25, -0.2) is 4.98 Å². The fourth-order valence-electron chi connectivity index (χ4n) is 3.40. The lowest BCUT2D eigenvalue weighted by atomic mass is 10.0. The quantitative estimate of drug-likeness (QED) is 0.560. The predicted molar refractivity (Wildman–Crippen MR) is 122 cm³/mol. The van der Waals surface area contributed by atoms with E-state index in [0.717, 1.165) is 47.9 Å². The maximum Gasteiger partial charge on any atom is 0.275 e. The van der Waals surface area contributed by atoms with Crippen molar-refractivity contribution < 1.29 is 4.79 Å². The Morgan fingerprint density at radius 3 is 2.83 bits per heavy atom. The van der Waals surface area contributed by atoms with Crippen molar-refractivity contribution in [1.29, 1.82) is 0 Å². The highest BCUT2D eigenvalue weighted by atomic mass is 32.2. The number of hydrogen-bond donors (Lipinski definition) is 3. The zero-order chi connectivity index (χ0) is 21.1. The van der Waals surface area contributed by atoms with Crippen LogP contribution in [0.15, 0.2) is 55.8 Å². The van der Waals surface area contributed by atoms with Gasteiger partial charge in [0.1, 0.15) is 5.69 Å². The Kier molecular flexibility index (Phi) is 6.21. The first-order chi connectivity index (χ1) is 14.5. The Morgan fingerprint density at radius 2 is 2.07 bits per heavy atom. The number of pyridine rings is 1. The second kappa shape index (κ2) is 9.03. The van der Waals surface area contributed by atoms with E-state index < -0.39 is 0 Å². The molecule has 1 aliphatic heterocycles. The third-order valence-corrected chi connectivity index (χ3v) is 6.82. The van der Waals surface area contributed by atoms with Crippen molar-refractivity contribution in [3.63, 3.8) is 0 Å². The summed E-state index contributed by atoms with van der Waals surface area (Å²) in [6, 6.07) is 11.5. The lowest BCUT2D eigenvalue weighted by molar-refractivity contribution is 0.102. The monoisotopic (exact) mass is 441 g/mol. The number of para-hydroxylation sites is 2. The topological polar surface area (TPSA) is 104 Å². The van der Waals surface area contributed by atoms with Crippen molar-refractivity contribution in [2.24, 2.45) is 5.73 Å². The van der Waals surface area contributed by atoms with Crippen LogP contribution in [0.2, 0.25) is 0 Å². The van der Waals surface area contributed by atoms with Crippen LogP contribution >= 0.6 is 23.1 Å². The van der Waals surface area contributed by atoms with Crippen LogP contribution in [-0.2, 0) is 0 Å². The van der Waals surface area contributed by atoms with Crippen molar-refractivity contribution in [3.05, 3.63) is 63.5 Å². The second-order valence-electron chi connectivity index (χ2n) is 7.26. The summed E-state index contributed by atoms with van der Waals surface area (Å²) in [5.74, 6) is -0.249. The van der Waals surface area contributed by atoms with Gasteiger partial charge in [-0.2, -0.15) is 0 Å². The molecule has 0 spiro atoms. The molecule has 3 heterocycles. The molecule has 3 aromatic rings. The number of hydrogen-bond acceptors (Lipinski definition) is 7. The first-order valence-corrected chi connectivity index (χ1v) is 11.4. The van der Waals surface area contributed by atoms with Crippen LogP contribution in [-0.4, -0.2) is 35.0 Å². The molecule has 0 aliphatic carbocycles. The molecule has 0 saturated carbocycles. The molecule has 0 radical (unpaired) electrons. The fourth-order valence-corrected chi connectivity index (χ4v) is 5.30. The molecular formula is C21H23N5O2S2. The van der Waals surface area contributed by atoms with Gasteiger partial charge in [0.15, 0.2) is 4.34 Å². The van der Waals surface area contributed by atoms with Crippen molar-refractivity contribution in [2.75, 3.05) is 23.3 Å². The number of H-pyrrole nitrogens is 1. The van der Waals surface area contributed by atoms with E-state index in [1.54, 1.807) is 5.38 Å². The molecule has 4 rings (SSSR count). The van der Waals surface area contributed by atoms with Crippen LogP contribution in [0.4, 0.5) is 11.4 Å². The van der Waals surface area contributed by atoms with Crippen molar-refractivity contribution >= 4 is 40.4 Å². The minimum Gasteiger partial charge on any atom is -0.370 e. The van der Waals surface area contributed by atoms with Gasteiger partial charge in [-0.05, 0) is 38.0 Å². The molecule has 9 heteroatoms. The molecule has 156 valence electrons. The lowest BCUT2D eigenvalue weighted by Crippen LogP contribution is -2.40. The average Bonchev–Trinajstić information content (AvgIpc) is 3.17. The zero-order valence-electron chi connectivity index (χ0n) is 16.6. The molecule has 1 saturated heterocycles. The molecule has 7 nitrogen and oxygen atoms in total. The van der Waals surface area contributed by atoms with Crippen LogP contribution in [0.25, 0.3) is 0 Å². The number of nitrogens with zero attached hydrogens (tertiary/aromatic N) is 2. The Balaban J connectivity index is 1.47. The van der Waals surface area contributed by atoms with Gasteiger partial charge in [-0.3, -0.25) is 9.59 Å². The van der Waals surface area contributed by atoms with Gasteiger partial charge >= 0.3 is 0 Å². The van der Waals surface area contributed by atoms with Crippen LogP contribution in [0.5, 0.6) is 0 Å². The summed E-state index contributed by atoms with van der Waals surface area (Å²) in [7, 11) is 0. The van der Waals surface area contributed by atoms with Gasteiger partial charge in [-0.15, -0.1) is 11.3 Å². The van der Waals surface area contributed by atoms with E-state index in [0.29, 0.717) is 10.0 Å². The Labute approximate surface area is 182 Å². The fraction of sp³-hybridized carbons (Fsp3) is 0.286. The predicted octanol–water partition coefficient (Wildman–Crippen LogP) is 3.47. The molecule has 30 heavy (non-hydrogen) atoms. The van der Waals surface area contributed by atoms with E-state index >= 15 is 0 Å². The first-order valence-electron chi connectivity index (χ1n) is 9.73. The minimum atomic E-state index is -0.249. The van der Waals surface area contributed by atoms with Crippen molar-refractivity contribution in [1.82, 2.24) is 9.97 Å². The van der Waals surface area contributed by atoms with Crippen LogP contribution in [0.1, 0.15) is 29.0 Å². The number of benzene rings is 1. The maximum absolute atomic E-state index is 12.8. The number of nitrogens with two attached hydrogens (primary N) is 1. The van der Waals surface area contributed by atoms with Crippen molar-refractivity contribution in [2.45, 2.75) is 35.0 Å². The average molecular weight is 442 g/mol. The molecule has 0 atom stereocenters. The number of rotatable bonds is 5. The number of aromatic amines is 1. The minimum absolute atomic E-state index is 0.151. The smallest absolute Gasteiger partial charge is 0.275 e. The van der Waals surface area contributed by atoms with Gasteiger partial charge in [-0.1, -0.05) is 23.9 Å². The number of piperidine rings is 1. The highest BCUT2D eigenvalue weighted by molar-refractivity contribution is 8.01. The highest BCUT2D eigenvalue weighted by Gasteiger charge is 2.20. The summed E-state index contributed by atoms with van der Waals surface area (Å²) in [6.45, 7) is 3.59. The van der Waals surface area contributed by atoms with E-state index in [1.165, 1.54) is 29.2 Å². The van der Waals surface area contributed by atoms with Gasteiger partial charge in [0, 0.05) is 41.2 Å². The molecular weight excluding hydrogens is 418 g/mol. The van der Waals surface area contributed by atoms with Crippen LogP contribution in [0.3, 0.4) is 0 Å². The van der Waals surface area contributed by atoms with E-state index in [9.17, 15) is 9.59 Å². The first kappa shape index (κ1) is 20.6. The zero-order valence-corrected chi connectivity index (χ0v) is 18.2. The number of anilines is 2. The van der Waals surface area contributed by atoms with E-state index in [2.05, 4.69) is 20.2 Å². The number of aromatic nitrogens is 2. The van der Waals surface area contributed by atoms with E-state index in [1.807, 2.05) is 37.3 Å². The van der Waals surface area contributed by atoms with E-state index in [-0.39, 0.29) is 17.5 Å². The number of aryl methyl sites for hydroxylation is 1.